The molecule has 0 saturated heterocycles. The van der Waals surface area contributed by atoms with Crippen molar-refractivity contribution < 1.29 is 24.1 Å². The predicted molar refractivity (Wildman–Crippen MR) is 92.9 cm³/mol. The van der Waals surface area contributed by atoms with E-state index < -0.39 is 5.60 Å². The molecule has 5 heteroatoms. The molecule has 2 aliphatic heterocycles. The Hall–Kier alpha value is -3.47. The van der Waals surface area contributed by atoms with Gasteiger partial charge in [-0.3, -0.25) is 0 Å². The molecule has 128 valence electrons. The fourth-order valence-corrected chi connectivity index (χ4v) is 3.77. The van der Waals surface area contributed by atoms with Crippen molar-refractivity contribution in [1.29, 1.82) is 0 Å². The quantitative estimate of drug-likeness (QED) is 0.676. The Balaban J connectivity index is 1.88. The van der Waals surface area contributed by atoms with Crippen LogP contribution in [0.25, 0.3) is 0 Å². The highest BCUT2D eigenvalue weighted by molar-refractivity contribution is 5.97. The van der Waals surface area contributed by atoms with E-state index in [9.17, 15) is 9.90 Å². The van der Waals surface area contributed by atoms with Crippen molar-refractivity contribution in [3.8, 4) is 23.0 Å². The SMILES string of the molecule is COc1ccc2c(c1)Oc1cc(O)ccc1[C@@]21OC(=O)c2ccccc21. The Bertz CT molecular complexity index is 1070. The molecule has 0 amide bonds. The number of hydrogen-bond acceptors (Lipinski definition) is 5. The number of phenolic OH excluding ortho intramolecular Hbond substituents is 1. The first-order valence-electron chi connectivity index (χ1n) is 8.16. The van der Waals surface area contributed by atoms with E-state index in [-0.39, 0.29) is 11.7 Å². The van der Waals surface area contributed by atoms with Gasteiger partial charge in [-0.1, -0.05) is 18.2 Å². The van der Waals surface area contributed by atoms with Crippen LogP contribution in [0.1, 0.15) is 27.0 Å². The van der Waals surface area contributed by atoms with Crippen molar-refractivity contribution in [2.45, 2.75) is 5.60 Å². The van der Waals surface area contributed by atoms with Crippen molar-refractivity contribution in [3.63, 3.8) is 0 Å². The van der Waals surface area contributed by atoms with Gasteiger partial charge in [-0.05, 0) is 30.3 Å². The first-order valence-corrected chi connectivity index (χ1v) is 8.16. The number of esters is 1. The zero-order chi connectivity index (χ0) is 17.9. The molecule has 1 spiro atoms. The summed E-state index contributed by atoms with van der Waals surface area (Å²) in [6.45, 7) is 0. The van der Waals surface area contributed by atoms with Crippen LogP contribution in [0, 0.1) is 0 Å². The molecule has 0 unspecified atom stereocenters. The normalized spacial score (nSPS) is 19.2. The number of phenols is 1. The molecule has 0 radical (unpaired) electrons. The van der Waals surface area contributed by atoms with E-state index in [0.29, 0.717) is 28.4 Å². The summed E-state index contributed by atoms with van der Waals surface area (Å²) in [5.74, 6) is 1.27. The number of benzene rings is 3. The molecule has 1 N–H and O–H groups in total. The molecule has 0 bridgehead atoms. The summed E-state index contributed by atoms with van der Waals surface area (Å²) in [7, 11) is 1.57. The van der Waals surface area contributed by atoms with E-state index in [0.717, 1.165) is 11.1 Å². The molecule has 3 aromatic rings. The van der Waals surface area contributed by atoms with Gasteiger partial charge < -0.3 is 19.3 Å². The van der Waals surface area contributed by atoms with Crippen molar-refractivity contribution in [3.05, 3.63) is 82.9 Å². The average molecular weight is 346 g/mol. The van der Waals surface area contributed by atoms with Crippen LogP contribution in [-0.2, 0) is 10.3 Å². The average Bonchev–Trinajstić information content (AvgIpc) is 2.95. The highest BCUT2D eigenvalue weighted by Gasteiger charge is 2.53. The van der Waals surface area contributed by atoms with Crippen LogP contribution in [0.2, 0.25) is 0 Å². The number of ether oxygens (including phenoxy) is 3. The molecule has 26 heavy (non-hydrogen) atoms. The first kappa shape index (κ1) is 14.8. The maximum Gasteiger partial charge on any atom is 0.340 e. The third-order valence-corrected chi connectivity index (χ3v) is 4.90. The first-order chi connectivity index (χ1) is 12.6. The van der Waals surface area contributed by atoms with Gasteiger partial charge in [0.05, 0.1) is 12.7 Å². The Labute approximate surface area is 149 Å². The Morgan fingerprint density at radius 1 is 0.923 bits per heavy atom. The van der Waals surface area contributed by atoms with E-state index in [1.165, 1.54) is 6.07 Å². The van der Waals surface area contributed by atoms with Crippen LogP contribution in [-0.4, -0.2) is 18.2 Å². The highest BCUT2D eigenvalue weighted by Crippen LogP contribution is 2.56. The van der Waals surface area contributed by atoms with Gasteiger partial charge in [0.15, 0.2) is 5.60 Å². The van der Waals surface area contributed by atoms with Crippen molar-refractivity contribution in [2.24, 2.45) is 0 Å². The summed E-state index contributed by atoms with van der Waals surface area (Å²) < 4.78 is 17.3. The molecular formula is C21H14O5. The van der Waals surface area contributed by atoms with Crippen LogP contribution in [0.3, 0.4) is 0 Å². The van der Waals surface area contributed by atoms with E-state index >= 15 is 0 Å². The number of hydrogen-bond donors (Lipinski definition) is 1. The fourth-order valence-electron chi connectivity index (χ4n) is 3.77. The van der Waals surface area contributed by atoms with E-state index in [1.54, 1.807) is 31.4 Å². The van der Waals surface area contributed by atoms with E-state index in [2.05, 4.69) is 0 Å². The van der Waals surface area contributed by atoms with Gasteiger partial charge in [0.1, 0.15) is 23.0 Å². The minimum atomic E-state index is -1.11. The lowest BCUT2D eigenvalue weighted by Crippen LogP contribution is -2.32. The summed E-state index contributed by atoms with van der Waals surface area (Å²) in [5, 5.41) is 9.90. The molecule has 2 heterocycles. The van der Waals surface area contributed by atoms with E-state index in [4.69, 9.17) is 14.2 Å². The summed E-state index contributed by atoms with van der Waals surface area (Å²) in [5.41, 5.74) is 1.55. The minimum absolute atomic E-state index is 0.0721. The van der Waals surface area contributed by atoms with Gasteiger partial charge >= 0.3 is 5.97 Å². The van der Waals surface area contributed by atoms with Gasteiger partial charge in [-0.25, -0.2) is 4.79 Å². The number of aromatic hydroxyl groups is 1. The monoisotopic (exact) mass is 346 g/mol. The molecule has 0 saturated carbocycles. The van der Waals surface area contributed by atoms with Crippen molar-refractivity contribution in [1.82, 2.24) is 0 Å². The highest BCUT2D eigenvalue weighted by atomic mass is 16.6. The Morgan fingerprint density at radius 2 is 1.65 bits per heavy atom. The second kappa shape index (κ2) is 5.02. The minimum Gasteiger partial charge on any atom is -0.508 e. The lowest BCUT2D eigenvalue weighted by Gasteiger charge is -2.36. The lowest BCUT2D eigenvalue weighted by molar-refractivity contribution is 0.0224. The van der Waals surface area contributed by atoms with Crippen LogP contribution in [0.15, 0.2) is 60.7 Å². The zero-order valence-electron chi connectivity index (χ0n) is 13.9. The predicted octanol–water partition coefficient (Wildman–Crippen LogP) is 3.97. The molecule has 1 atom stereocenters. The molecule has 0 aliphatic carbocycles. The number of carbonyl (C=O) groups excluding carboxylic acids is 1. The third kappa shape index (κ3) is 1.77. The number of carbonyl (C=O) groups is 1. The number of fused-ring (bicyclic) bond motifs is 6. The Kier molecular flexibility index (Phi) is 2.86. The van der Waals surface area contributed by atoms with Crippen molar-refractivity contribution >= 4 is 5.97 Å². The molecule has 0 fully saturated rings. The Morgan fingerprint density at radius 3 is 2.46 bits per heavy atom. The van der Waals surface area contributed by atoms with Crippen LogP contribution >= 0.6 is 0 Å². The second-order valence-corrected chi connectivity index (χ2v) is 6.26. The second-order valence-electron chi connectivity index (χ2n) is 6.26. The summed E-state index contributed by atoms with van der Waals surface area (Å²) in [6, 6.07) is 17.5. The molecule has 3 aromatic carbocycles. The van der Waals surface area contributed by atoms with Gasteiger partial charge in [-0.15, -0.1) is 0 Å². The standard InChI is InChI=1S/C21H14O5/c1-24-13-7-9-17-19(11-13)25-18-10-12(22)6-8-16(18)21(17)15-5-3-2-4-14(15)20(23)26-21/h2-11,22H,1H3/t21-/m1/s1. The number of methoxy groups -OCH3 is 1. The maximum atomic E-state index is 12.6. The molecule has 2 aliphatic rings. The fraction of sp³-hybridized carbons (Fsp3) is 0.0952. The topological polar surface area (TPSA) is 65.0 Å². The summed E-state index contributed by atoms with van der Waals surface area (Å²) in [4.78, 5) is 12.6. The van der Waals surface area contributed by atoms with Gasteiger partial charge in [0.25, 0.3) is 0 Å². The molecular weight excluding hydrogens is 332 g/mol. The van der Waals surface area contributed by atoms with E-state index in [1.807, 2.05) is 30.3 Å². The summed E-state index contributed by atoms with van der Waals surface area (Å²) >= 11 is 0. The maximum absolute atomic E-state index is 12.6. The van der Waals surface area contributed by atoms with Gasteiger partial charge in [0.2, 0.25) is 0 Å². The number of rotatable bonds is 1. The van der Waals surface area contributed by atoms with Crippen LogP contribution < -0.4 is 9.47 Å². The molecule has 5 nitrogen and oxygen atoms in total. The van der Waals surface area contributed by atoms with Crippen LogP contribution in [0.4, 0.5) is 0 Å². The largest absolute Gasteiger partial charge is 0.508 e. The lowest BCUT2D eigenvalue weighted by atomic mass is 9.77. The van der Waals surface area contributed by atoms with Gasteiger partial charge in [-0.2, -0.15) is 0 Å². The molecule has 5 rings (SSSR count). The zero-order valence-corrected chi connectivity index (χ0v) is 13.9. The smallest absolute Gasteiger partial charge is 0.340 e. The third-order valence-electron chi connectivity index (χ3n) is 4.90. The summed E-state index contributed by atoms with van der Waals surface area (Å²) in [6.07, 6.45) is 0. The van der Waals surface area contributed by atoms with Crippen LogP contribution in [0.5, 0.6) is 23.0 Å². The van der Waals surface area contributed by atoms with Gasteiger partial charge in [0, 0.05) is 28.8 Å². The molecule has 0 aromatic heterocycles. The van der Waals surface area contributed by atoms with Crippen molar-refractivity contribution in [2.75, 3.05) is 7.11 Å².